The Morgan fingerprint density at radius 1 is 1.38 bits per heavy atom. The zero-order chi connectivity index (χ0) is 11.4. The molecule has 3 N–H and O–H groups in total. The molecule has 0 aliphatic rings. The van der Waals surface area contributed by atoms with Gasteiger partial charge in [0.15, 0.2) is 0 Å². The van der Waals surface area contributed by atoms with Gasteiger partial charge in [0.05, 0.1) is 0 Å². The third-order valence-corrected chi connectivity index (χ3v) is 1.82. The van der Waals surface area contributed by atoms with Gasteiger partial charge in [0, 0.05) is 17.3 Å². The number of aliphatic carboxylic acids is 1. The molecule has 1 radical (unpaired) electrons. The van der Waals surface area contributed by atoms with Gasteiger partial charge in [-0.25, -0.2) is 0 Å². The zero-order valence-electron chi connectivity index (χ0n) is 8.51. The van der Waals surface area contributed by atoms with Crippen molar-refractivity contribution in [2.75, 3.05) is 6.54 Å². The summed E-state index contributed by atoms with van der Waals surface area (Å²) in [5.74, 6) is -1.21. The minimum Gasteiger partial charge on any atom is -0.508 e. The van der Waals surface area contributed by atoms with Crippen molar-refractivity contribution >= 4 is 11.7 Å². The molecule has 0 saturated heterocycles. The Balaban J connectivity index is 0.00000225. The van der Waals surface area contributed by atoms with Crippen LogP contribution in [0.1, 0.15) is 12.5 Å². The average Bonchev–Trinajstić information content (AvgIpc) is 2.14. The smallest absolute Gasteiger partial charge is 0.508 e. The zero-order valence-corrected chi connectivity index (χ0v) is 9.69. The molecule has 0 spiro atoms. The molecule has 1 aromatic carbocycles. The van der Waals surface area contributed by atoms with Gasteiger partial charge in [-0.1, -0.05) is 0 Å². The topological polar surface area (TPSA) is 90.1 Å². The van der Waals surface area contributed by atoms with E-state index in [2.05, 4.69) is 4.99 Å². The molecule has 6 heteroatoms. The summed E-state index contributed by atoms with van der Waals surface area (Å²) in [6, 6.07) is 4.05. The minimum absolute atomic E-state index is 0. The van der Waals surface area contributed by atoms with E-state index >= 15 is 0 Å². The first-order valence-electron chi connectivity index (χ1n) is 4.26. The Morgan fingerprint density at radius 3 is 2.50 bits per heavy atom. The number of carboxylic acids is 1. The number of rotatable bonds is 3. The Morgan fingerprint density at radius 2 is 2.00 bits per heavy atom. The molecule has 1 aromatic rings. The molecule has 0 amide bonds. The van der Waals surface area contributed by atoms with Crippen molar-refractivity contribution in [2.24, 2.45) is 4.99 Å². The summed E-state index contributed by atoms with van der Waals surface area (Å²) in [6.07, 6.45) is 0. The van der Waals surface area contributed by atoms with E-state index < -0.39 is 5.97 Å². The Hall–Kier alpha value is -1.52. The number of phenols is 2. The van der Waals surface area contributed by atoms with Crippen LogP contribution in [0.3, 0.4) is 0 Å². The summed E-state index contributed by atoms with van der Waals surface area (Å²) in [4.78, 5) is 14.0. The third kappa shape index (κ3) is 3.92. The van der Waals surface area contributed by atoms with Crippen LogP contribution < -0.4 is 0 Å². The monoisotopic (exact) mass is 264 g/mol. The van der Waals surface area contributed by atoms with Crippen molar-refractivity contribution in [3.05, 3.63) is 23.8 Å². The van der Waals surface area contributed by atoms with Gasteiger partial charge < -0.3 is 15.3 Å². The number of benzene rings is 1. The second-order valence-corrected chi connectivity index (χ2v) is 3.00. The van der Waals surface area contributed by atoms with E-state index in [-0.39, 0.29) is 35.1 Å². The number of carbonyl (C=O) groups is 1. The van der Waals surface area contributed by atoms with E-state index in [1.807, 2.05) is 0 Å². The number of aromatic hydroxyl groups is 2. The van der Waals surface area contributed by atoms with Crippen molar-refractivity contribution in [1.82, 2.24) is 0 Å². The van der Waals surface area contributed by atoms with Crippen LogP contribution in [0, 0.1) is 0 Å². The fraction of sp³-hybridized carbons (Fsp3) is 0.200. The first-order valence-corrected chi connectivity index (χ1v) is 4.26. The Labute approximate surface area is 103 Å². The average molecular weight is 264 g/mol. The number of aliphatic imine (C=N–C) groups is 1. The van der Waals surface area contributed by atoms with Gasteiger partial charge >= 0.3 is 23.0 Å². The van der Waals surface area contributed by atoms with Crippen molar-refractivity contribution < 1.29 is 37.2 Å². The Kier molecular flexibility index (Phi) is 5.56. The second kappa shape index (κ2) is 6.15. The third-order valence-electron chi connectivity index (χ3n) is 1.82. The SMILES string of the molecule is CC(=NCC(=O)O)c1ccc(O)cc1O.[Mn+2]. The molecule has 0 aliphatic carbocycles. The van der Waals surface area contributed by atoms with E-state index in [4.69, 9.17) is 10.2 Å². The maximum Gasteiger partial charge on any atom is 2.00 e. The molecular weight excluding hydrogens is 253 g/mol. The van der Waals surface area contributed by atoms with E-state index in [0.717, 1.165) is 0 Å². The van der Waals surface area contributed by atoms with Crippen LogP contribution in [0.5, 0.6) is 11.5 Å². The quantitative estimate of drug-likeness (QED) is 0.561. The summed E-state index contributed by atoms with van der Waals surface area (Å²) in [5, 5.41) is 26.9. The molecule has 1 rings (SSSR count). The van der Waals surface area contributed by atoms with Crippen molar-refractivity contribution in [3.8, 4) is 11.5 Å². The summed E-state index contributed by atoms with van der Waals surface area (Å²) < 4.78 is 0. The number of carboxylic acid groups (broad SMARTS) is 1. The van der Waals surface area contributed by atoms with Gasteiger partial charge in [0.2, 0.25) is 0 Å². The predicted molar refractivity (Wildman–Crippen MR) is 54.5 cm³/mol. The van der Waals surface area contributed by atoms with E-state index in [0.29, 0.717) is 11.3 Å². The molecule has 0 bridgehead atoms. The fourth-order valence-corrected chi connectivity index (χ4v) is 1.10. The van der Waals surface area contributed by atoms with Crippen LogP contribution in [0.2, 0.25) is 0 Å². The van der Waals surface area contributed by atoms with Crippen LogP contribution in [0.15, 0.2) is 23.2 Å². The van der Waals surface area contributed by atoms with Crippen LogP contribution in [-0.4, -0.2) is 33.5 Å². The maximum atomic E-state index is 10.3. The minimum atomic E-state index is -1.03. The van der Waals surface area contributed by atoms with Crippen molar-refractivity contribution in [2.45, 2.75) is 6.92 Å². The van der Waals surface area contributed by atoms with Crippen LogP contribution >= 0.6 is 0 Å². The van der Waals surface area contributed by atoms with Crippen LogP contribution in [0.4, 0.5) is 0 Å². The molecule has 0 aromatic heterocycles. The summed E-state index contributed by atoms with van der Waals surface area (Å²) in [6.45, 7) is 1.25. The number of nitrogens with zero attached hydrogens (tertiary/aromatic N) is 1. The number of hydrogen-bond donors (Lipinski definition) is 3. The standard InChI is InChI=1S/C10H11NO4.Mn/c1-6(11-5-10(14)15)8-3-2-7(12)4-9(8)13;/h2-4,12-13H,5H2,1H3,(H,14,15);/q;+2. The number of phenolic OH excluding ortho intramolecular Hbond substituents is 2. The van der Waals surface area contributed by atoms with E-state index in [1.165, 1.54) is 18.2 Å². The molecular formula is C10H11MnNO4+2. The maximum absolute atomic E-state index is 10.3. The van der Waals surface area contributed by atoms with Crippen molar-refractivity contribution in [1.29, 1.82) is 0 Å². The Bertz CT molecular complexity index is 417. The first-order chi connectivity index (χ1) is 7.00. The molecule has 0 saturated carbocycles. The molecule has 16 heavy (non-hydrogen) atoms. The van der Waals surface area contributed by atoms with Gasteiger partial charge in [0.1, 0.15) is 18.0 Å². The first kappa shape index (κ1) is 14.5. The molecule has 0 heterocycles. The van der Waals surface area contributed by atoms with Gasteiger partial charge in [-0.2, -0.15) is 0 Å². The molecule has 0 fully saturated rings. The van der Waals surface area contributed by atoms with Gasteiger partial charge in [-0.05, 0) is 19.1 Å². The molecule has 0 unspecified atom stereocenters. The van der Waals surface area contributed by atoms with Crippen LogP contribution in [0.25, 0.3) is 0 Å². The van der Waals surface area contributed by atoms with Gasteiger partial charge in [-0.15, -0.1) is 0 Å². The molecule has 85 valence electrons. The van der Waals surface area contributed by atoms with Gasteiger partial charge in [0.25, 0.3) is 0 Å². The normalized spacial score (nSPS) is 10.7. The summed E-state index contributed by atoms with van der Waals surface area (Å²) in [5.41, 5.74) is 0.823. The van der Waals surface area contributed by atoms with E-state index in [1.54, 1.807) is 6.92 Å². The largest absolute Gasteiger partial charge is 2.00 e. The van der Waals surface area contributed by atoms with Crippen LogP contribution in [-0.2, 0) is 21.9 Å². The van der Waals surface area contributed by atoms with E-state index in [9.17, 15) is 9.90 Å². The molecule has 5 nitrogen and oxygen atoms in total. The second-order valence-electron chi connectivity index (χ2n) is 3.00. The summed E-state index contributed by atoms with van der Waals surface area (Å²) >= 11 is 0. The molecule has 0 atom stereocenters. The predicted octanol–water partition coefficient (Wildman–Crippen LogP) is 0.989. The summed E-state index contributed by atoms with van der Waals surface area (Å²) in [7, 11) is 0. The van der Waals surface area contributed by atoms with Gasteiger partial charge in [-0.3, -0.25) is 9.79 Å². The number of hydrogen-bond acceptors (Lipinski definition) is 4. The van der Waals surface area contributed by atoms with Crippen molar-refractivity contribution in [3.63, 3.8) is 0 Å². The molecule has 0 aliphatic heterocycles. The fourth-order valence-electron chi connectivity index (χ4n) is 1.10.